The molecule has 0 spiro atoms. The van der Waals surface area contributed by atoms with Gasteiger partial charge in [0.1, 0.15) is 5.82 Å². The predicted molar refractivity (Wildman–Crippen MR) is 40.2 cm³/mol. The van der Waals surface area contributed by atoms with Crippen LogP contribution in [-0.2, 0) is 4.79 Å². The molecule has 2 heterocycles. The van der Waals surface area contributed by atoms with Crippen LogP contribution in [0.4, 0.5) is 5.82 Å². The van der Waals surface area contributed by atoms with E-state index in [-0.39, 0.29) is 5.91 Å². The molecule has 2 rings (SSSR count). The van der Waals surface area contributed by atoms with Crippen molar-refractivity contribution in [3.63, 3.8) is 0 Å². The Hall–Kier alpha value is -1.32. The molecule has 0 radical (unpaired) electrons. The Labute approximate surface area is 64.2 Å². The maximum absolute atomic E-state index is 11.2. The molecule has 1 N–H and O–H groups in total. The van der Waals surface area contributed by atoms with Crippen LogP contribution in [0.15, 0.2) is 12.3 Å². The molecule has 11 heavy (non-hydrogen) atoms. The largest absolute Gasteiger partial charge is 0.297 e. The van der Waals surface area contributed by atoms with E-state index >= 15 is 0 Å². The Balaban J connectivity index is 2.23. The summed E-state index contributed by atoms with van der Waals surface area (Å²) in [7, 11) is 0. The molecule has 0 unspecified atom stereocenters. The summed E-state index contributed by atoms with van der Waals surface area (Å²) in [4.78, 5) is 12.9. The first-order chi connectivity index (χ1) is 5.38. The van der Waals surface area contributed by atoms with Crippen molar-refractivity contribution in [1.29, 1.82) is 0 Å². The number of aromatic amines is 1. The van der Waals surface area contributed by atoms with Crippen LogP contribution in [0.1, 0.15) is 12.8 Å². The first-order valence-corrected chi connectivity index (χ1v) is 3.67. The third-order valence-electron chi connectivity index (χ3n) is 1.85. The van der Waals surface area contributed by atoms with Gasteiger partial charge in [0.2, 0.25) is 5.91 Å². The van der Waals surface area contributed by atoms with Crippen molar-refractivity contribution < 1.29 is 4.79 Å². The van der Waals surface area contributed by atoms with Crippen LogP contribution in [0.3, 0.4) is 0 Å². The molecular weight excluding hydrogens is 142 g/mol. The normalized spacial score (nSPS) is 17.8. The second-order valence-electron chi connectivity index (χ2n) is 2.59. The van der Waals surface area contributed by atoms with Gasteiger partial charge in [0.25, 0.3) is 0 Å². The fourth-order valence-corrected chi connectivity index (χ4v) is 1.30. The van der Waals surface area contributed by atoms with Crippen molar-refractivity contribution in [3.05, 3.63) is 12.3 Å². The van der Waals surface area contributed by atoms with Gasteiger partial charge in [0.05, 0.1) is 6.20 Å². The van der Waals surface area contributed by atoms with Gasteiger partial charge in [0, 0.05) is 19.0 Å². The summed E-state index contributed by atoms with van der Waals surface area (Å²) in [6.45, 7) is 0.820. The number of carbonyl (C=O) groups excluding carboxylic acids is 1. The first kappa shape index (κ1) is 6.39. The summed E-state index contributed by atoms with van der Waals surface area (Å²) >= 11 is 0. The van der Waals surface area contributed by atoms with Gasteiger partial charge in [-0.3, -0.25) is 14.8 Å². The third-order valence-corrected chi connectivity index (χ3v) is 1.85. The lowest BCUT2D eigenvalue weighted by molar-refractivity contribution is -0.117. The lowest BCUT2D eigenvalue weighted by Gasteiger charge is -2.11. The van der Waals surface area contributed by atoms with Crippen LogP contribution in [0.25, 0.3) is 0 Å². The first-order valence-electron chi connectivity index (χ1n) is 3.67. The summed E-state index contributed by atoms with van der Waals surface area (Å²) in [5, 5.41) is 6.55. The van der Waals surface area contributed by atoms with Crippen LogP contribution in [0.2, 0.25) is 0 Å². The minimum Gasteiger partial charge on any atom is -0.297 e. The molecule has 0 atom stereocenters. The zero-order valence-electron chi connectivity index (χ0n) is 6.08. The van der Waals surface area contributed by atoms with Gasteiger partial charge in [-0.05, 0) is 6.42 Å². The monoisotopic (exact) mass is 151 g/mol. The highest BCUT2D eigenvalue weighted by Crippen LogP contribution is 2.17. The number of hydrogen-bond donors (Lipinski definition) is 1. The second kappa shape index (κ2) is 2.38. The predicted octanol–water partition coefficient (Wildman–Crippen LogP) is 0.536. The number of carbonyl (C=O) groups is 1. The summed E-state index contributed by atoms with van der Waals surface area (Å²) in [6.07, 6.45) is 3.28. The number of nitrogens with one attached hydrogen (secondary N) is 1. The molecule has 58 valence electrons. The number of aromatic nitrogens is 2. The van der Waals surface area contributed by atoms with Gasteiger partial charge in [-0.2, -0.15) is 5.10 Å². The van der Waals surface area contributed by atoms with E-state index in [1.807, 2.05) is 6.07 Å². The molecule has 4 nitrogen and oxygen atoms in total. The average Bonchev–Trinajstić information content (AvgIpc) is 2.55. The van der Waals surface area contributed by atoms with E-state index in [9.17, 15) is 4.79 Å². The van der Waals surface area contributed by atoms with E-state index < -0.39 is 0 Å². The van der Waals surface area contributed by atoms with Crippen molar-refractivity contribution in [1.82, 2.24) is 10.2 Å². The molecule has 1 aromatic heterocycles. The minimum absolute atomic E-state index is 0.189. The van der Waals surface area contributed by atoms with Crippen LogP contribution in [0, 0.1) is 0 Å². The highest BCUT2D eigenvalue weighted by molar-refractivity contribution is 5.94. The Morgan fingerprint density at radius 2 is 2.55 bits per heavy atom. The van der Waals surface area contributed by atoms with E-state index in [1.165, 1.54) is 0 Å². The van der Waals surface area contributed by atoms with Gasteiger partial charge in [-0.1, -0.05) is 0 Å². The number of amides is 1. The van der Waals surface area contributed by atoms with Crippen LogP contribution in [0.5, 0.6) is 0 Å². The van der Waals surface area contributed by atoms with E-state index in [1.54, 1.807) is 11.1 Å². The average molecular weight is 151 g/mol. The smallest absolute Gasteiger partial charge is 0.228 e. The van der Waals surface area contributed by atoms with Gasteiger partial charge in [0.15, 0.2) is 0 Å². The van der Waals surface area contributed by atoms with Gasteiger partial charge in [-0.25, -0.2) is 0 Å². The quantitative estimate of drug-likeness (QED) is 0.636. The molecule has 0 aliphatic carbocycles. The minimum atomic E-state index is 0.189. The standard InChI is InChI=1S/C7H9N3O/c11-7-2-1-5-10(7)6-3-4-8-9-6/h3-4H,1-2,5H2,(H,8,9). The number of nitrogens with zero attached hydrogens (tertiary/aromatic N) is 2. The van der Waals surface area contributed by atoms with Crippen LogP contribution >= 0.6 is 0 Å². The fraction of sp³-hybridized carbons (Fsp3) is 0.429. The second-order valence-corrected chi connectivity index (χ2v) is 2.59. The number of rotatable bonds is 1. The van der Waals surface area contributed by atoms with Gasteiger partial charge in [-0.15, -0.1) is 0 Å². The molecule has 0 saturated carbocycles. The van der Waals surface area contributed by atoms with Crippen LogP contribution < -0.4 is 4.90 Å². The molecular formula is C7H9N3O. The molecule has 1 amide bonds. The summed E-state index contributed by atoms with van der Waals surface area (Å²) < 4.78 is 0. The van der Waals surface area contributed by atoms with Crippen molar-refractivity contribution in [3.8, 4) is 0 Å². The van der Waals surface area contributed by atoms with E-state index in [0.717, 1.165) is 18.8 Å². The Morgan fingerprint density at radius 3 is 3.09 bits per heavy atom. The van der Waals surface area contributed by atoms with Crippen molar-refractivity contribution >= 4 is 11.7 Å². The Bertz CT molecular complexity index is 255. The molecule has 1 aliphatic rings. The lowest BCUT2D eigenvalue weighted by atomic mass is 10.4. The highest BCUT2D eigenvalue weighted by Gasteiger charge is 2.21. The van der Waals surface area contributed by atoms with Crippen molar-refractivity contribution in [2.75, 3.05) is 11.4 Å². The maximum Gasteiger partial charge on any atom is 0.228 e. The van der Waals surface area contributed by atoms with E-state index in [0.29, 0.717) is 6.42 Å². The van der Waals surface area contributed by atoms with E-state index in [4.69, 9.17) is 0 Å². The molecule has 1 aliphatic heterocycles. The Morgan fingerprint density at radius 1 is 1.64 bits per heavy atom. The topological polar surface area (TPSA) is 49.0 Å². The molecule has 1 fully saturated rings. The molecule has 1 aromatic rings. The highest BCUT2D eigenvalue weighted by atomic mass is 16.2. The van der Waals surface area contributed by atoms with Crippen molar-refractivity contribution in [2.24, 2.45) is 0 Å². The molecule has 1 saturated heterocycles. The number of hydrogen-bond acceptors (Lipinski definition) is 2. The summed E-state index contributed by atoms with van der Waals surface area (Å²) in [5.74, 6) is 1.00. The summed E-state index contributed by atoms with van der Waals surface area (Å²) in [6, 6.07) is 1.81. The SMILES string of the molecule is O=C1CCCN1c1ccn[nH]1. The maximum atomic E-state index is 11.2. The van der Waals surface area contributed by atoms with Gasteiger partial charge < -0.3 is 0 Å². The zero-order chi connectivity index (χ0) is 7.68. The van der Waals surface area contributed by atoms with Crippen molar-refractivity contribution in [2.45, 2.75) is 12.8 Å². The molecule has 0 bridgehead atoms. The van der Waals surface area contributed by atoms with Gasteiger partial charge >= 0.3 is 0 Å². The van der Waals surface area contributed by atoms with E-state index in [2.05, 4.69) is 10.2 Å². The molecule has 4 heteroatoms. The lowest BCUT2D eigenvalue weighted by Crippen LogP contribution is -2.23. The Kier molecular flexibility index (Phi) is 1.38. The van der Waals surface area contributed by atoms with Crippen LogP contribution in [-0.4, -0.2) is 22.6 Å². The number of H-pyrrole nitrogens is 1. The molecule has 0 aromatic carbocycles. The third kappa shape index (κ3) is 1.00. The zero-order valence-corrected chi connectivity index (χ0v) is 6.08. The fourth-order valence-electron chi connectivity index (χ4n) is 1.30. The number of anilines is 1. The summed E-state index contributed by atoms with van der Waals surface area (Å²) in [5.41, 5.74) is 0.